The predicted molar refractivity (Wildman–Crippen MR) is 379 cm³/mol. The number of aromatic carboxylic acids is 6. The van der Waals surface area contributed by atoms with Crippen LogP contribution < -0.4 is 24.5 Å². The summed E-state index contributed by atoms with van der Waals surface area (Å²) in [6.45, 7) is 22.2. The van der Waals surface area contributed by atoms with Crippen molar-refractivity contribution in [2.45, 2.75) is 125 Å². The maximum atomic E-state index is 11.1. The summed E-state index contributed by atoms with van der Waals surface area (Å²) in [7, 11) is 2.07. The van der Waals surface area contributed by atoms with E-state index in [0.717, 1.165) is 175 Å². The van der Waals surface area contributed by atoms with Gasteiger partial charge in [-0.05, 0) is 185 Å². The Morgan fingerprint density at radius 3 is 0.990 bits per heavy atom. The molecule has 5 aliphatic heterocycles. The summed E-state index contributed by atoms with van der Waals surface area (Å²) in [5.41, 5.74) is 5.66. The summed E-state index contributed by atoms with van der Waals surface area (Å²) in [5, 5.41) is 54.4. The number of hydrogen-bond donors (Lipinski definition) is 6. The predicted octanol–water partition coefficient (Wildman–Crippen LogP) is 12.1. The summed E-state index contributed by atoms with van der Waals surface area (Å²) in [4.78, 5) is 103. The van der Waals surface area contributed by atoms with E-state index in [4.69, 9.17) is 30.6 Å². The Morgan fingerprint density at radius 1 is 0.347 bits per heavy atom. The molecule has 6 aliphatic rings. The second kappa shape index (κ2) is 38.6. The van der Waals surface area contributed by atoms with Crippen LogP contribution in [0.25, 0.3) is 0 Å². The molecule has 24 heteroatoms. The van der Waals surface area contributed by atoms with Gasteiger partial charge in [-0.1, -0.05) is 59.9 Å². The van der Waals surface area contributed by atoms with Gasteiger partial charge in [-0.25, -0.2) is 58.7 Å². The molecule has 528 valence electrons. The quantitative estimate of drug-likeness (QED) is 0.0590. The minimum atomic E-state index is -0.963. The van der Waals surface area contributed by atoms with Gasteiger partial charge in [0.15, 0.2) is 34.2 Å². The van der Waals surface area contributed by atoms with Crippen LogP contribution in [0.1, 0.15) is 187 Å². The number of carboxylic acid groups (broad SMARTS) is 6. The summed E-state index contributed by atoms with van der Waals surface area (Å²) < 4.78 is 0. The molecule has 0 radical (unpaired) electrons. The number of rotatable bonds is 14. The highest BCUT2D eigenvalue weighted by Gasteiger charge is 2.28. The van der Waals surface area contributed by atoms with Gasteiger partial charge in [-0.3, -0.25) is 0 Å². The zero-order chi connectivity index (χ0) is 70.7. The molecule has 2 atom stereocenters. The van der Waals surface area contributed by atoms with Gasteiger partial charge in [0.1, 0.15) is 0 Å². The van der Waals surface area contributed by atoms with Crippen molar-refractivity contribution >= 4 is 64.3 Å². The van der Waals surface area contributed by atoms with Gasteiger partial charge in [0.05, 0.1) is 28.4 Å². The second-order valence-electron chi connectivity index (χ2n) is 26.7. The molecular formula is C74H100N12O12. The smallest absolute Gasteiger partial charge is 0.356 e. The van der Waals surface area contributed by atoms with Crippen molar-refractivity contribution < 1.29 is 59.4 Å². The molecule has 5 saturated heterocycles. The van der Waals surface area contributed by atoms with E-state index < -0.39 is 35.8 Å². The van der Waals surface area contributed by atoms with Gasteiger partial charge in [0, 0.05) is 116 Å². The van der Waals surface area contributed by atoms with E-state index in [1.165, 1.54) is 75.9 Å². The molecule has 0 aromatic carbocycles. The molecule has 24 nitrogen and oxygen atoms in total. The summed E-state index contributed by atoms with van der Waals surface area (Å²) >= 11 is 0. The first-order chi connectivity index (χ1) is 47.1. The van der Waals surface area contributed by atoms with Crippen molar-refractivity contribution in [1.82, 2.24) is 34.8 Å². The van der Waals surface area contributed by atoms with Crippen molar-refractivity contribution in [3.63, 3.8) is 0 Å². The Labute approximate surface area is 575 Å². The van der Waals surface area contributed by atoms with E-state index in [1.54, 1.807) is 36.5 Å². The number of carbonyl (C=O) groups is 6. The van der Waals surface area contributed by atoms with Crippen LogP contribution in [0.4, 0.5) is 28.4 Å². The van der Waals surface area contributed by atoms with Crippen LogP contribution in [0.5, 0.6) is 0 Å². The SMILES string of the molecule is CC1CCC(Cc2cccnc2C(=O)O)CC1.CC1CCN(c2cccnc2C(=O)O)CC1.CCC1CCN(c2cccnc2C(=O)O)CC1.CN1CCN(c2cccnc2C(=O)O)CC1.C[C@@H]1CCCN(c2cccnc2C(=O)O)C1.C[C@H]1CCCN(c2cccnc2C(=O)O)C1. The number of pyridine rings is 6. The molecule has 6 fully saturated rings. The molecule has 98 heavy (non-hydrogen) atoms. The van der Waals surface area contributed by atoms with Crippen LogP contribution in [-0.4, -0.2) is 187 Å². The van der Waals surface area contributed by atoms with E-state index in [-0.39, 0.29) is 34.2 Å². The van der Waals surface area contributed by atoms with Gasteiger partial charge in [-0.2, -0.15) is 0 Å². The van der Waals surface area contributed by atoms with Gasteiger partial charge in [-0.15, -0.1) is 0 Å². The zero-order valence-corrected chi connectivity index (χ0v) is 57.7. The molecule has 6 aromatic heterocycles. The molecule has 1 aliphatic carbocycles. The van der Waals surface area contributed by atoms with Crippen LogP contribution in [0, 0.1) is 35.5 Å². The Kier molecular flexibility index (Phi) is 29.9. The Hall–Kier alpha value is -9.32. The van der Waals surface area contributed by atoms with Crippen molar-refractivity contribution in [1.29, 1.82) is 0 Å². The lowest BCUT2D eigenvalue weighted by molar-refractivity contribution is 0.0678. The van der Waals surface area contributed by atoms with Crippen molar-refractivity contribution in [2.24, 2.45) is 35.5 Å². The average molecular weight is 1350 g/mol. The minimum absolute atomic E-state index is 0.145. The Bertz CT molecular complexity index is 3380. The third-order valence-electron chi connectivity index (χ3n) is 19.2. The number of carboxylic acids is 6. The fourth-order valence-corrected chi connectivity index (χ4v) is 13.4. The lowest BCUT2D eigenvalue weighted by Crippen LogP contribution is -2.45. The molecule has 6 aromatic rings. The molecule has 6 N–H and O–H groups in total. The lowest BCUT2D eigenvalue weighted by atomic mass is 9.80. The van der Waals surface area contributed by atoms with Crippen LogP contribution in [0.2, 0.25) is 0 Å². The number of hydrogen-bond acceptors (Lipinski definition) is 18. The van der Waals surface area contributed by atoms with E-state index in [2.05, 4.69) is 101 Å². The first kappa shape index (κ1) is 76.1. The molecule has 11 heterocycles. The zero-order valence-electron chi connectivity index (χ0n) is 57.7. The Balaban J connectivity index is 0.000000166. The van der Waals surface area contributed by atoms with Gasteiger partial charge < -0.3 is 60.0 Å². The molecule has 0 bridgehead atoms. The van der Waals surface area contributed by atoms with E-state index in [0.29, 0.717) is 17.8 Å². The molecule has 0 unspecified atom stereocenters. The topological polar surface area (TPSA) is 321 Å². The molecular weight excluding hydrogens is 1250 g/mol. The van der Waals surface area contributed by atoms with Crippen LogP contribution >= 0.6 is 0 Å². The highest BCUT2D eigenvalue weighted by atomic mass is 16.4. The molecule has 12 rings (SSSR count). The van der Waals surface area contributed by atoms with Gasteiger partial charge >= 0.3 is 35.8 Å². The third kappa shape index (κ3) is 22.9. The van der Waals surface area contributed by atoms with Crippen LogP contribution in [0.15, 0.2) is 110 Å². The Morgan fingerprint density at radius 2 is 0.653 bits per heavy atom. The number of aromatic nitrogens is 6. The number of piperazine rings is 1. The third-order valence-corrected chi connectivity index (χ3v) is 19.2. The number of nitrogens with zero attached hydrogens (tertiary/aromatic N) is 12. The second-order valence-corrected chi connectivity index (χ2v) is 26.7. The standard InChI is InChI=1S/C14H19NO2.C13H18N2O2.3C12H16N2O2.C11H15N3O2/c1-10-4-6-11(7-5-10)9-12-3-2-8-15-13(12)14(16)17;1-2-10-5-8-15(9-6-10)11-4-3-7-14-12(11)13(16)17;2*1-9-4-3-7-14(8-9)10-5-2-6-13-11(10)12(15)16;1-9-4-7-14(8-5-9)10-3-2-6-13-11(10)12(15)16;1-13-5-7-14(8-6-13)9-3-2-4-12-10(9)11(15)16/h2-3,8,10-11H,4-7,9H2,1H3,(H,16,17);3-4,7,10H,2,5-6,8-9H2,1H3,(H,16,17);2*2,5-6,9H,3-4,7-8H2,1H3,(H,15,16);2-3,6,9H,4-5,7-8H2,1H3,(H,15,16);2-4H,5-8H2,1H3,(H,15,16)/t;;2*9-;;/m..10../s1. The van der Waals surface area contributed by atoms with Gasteiger partial charge in [0.25, 0.3) is 0 Å². The van der Waals surface area contributed by atoms with Crippen molar-refractivity contribution in [3.05, 3.63) is 150 Å². The first-order valence-electron chi connectivity index (χ1n) is 34.6. The van der Waals surface area contributed by atoms with E-state index in [1.807, 2.05) is 42.5 Å². The highest BCUT2D eigenvalue weighted by Crippen LogP contribution is 2.33. The normalized spacial score (nSPS) is 19.7. The fraction of sp³-hybridized carbons (Fsp3) is 0.514. The molecule has 0 spiro atoms. The van der Waals surface area contributed by atoms with Crippen molar-refractivity contribution in [3.8, 4) is 0 Å². The molecule has 0 amide bonds. The van der Waals surface area contributed by atoms with Crippen LogP contribution in [0.3, 0.4) is 0 Å². The number of likely N-dealkylation sites (N-methyl/N-ethyl adjacent to an activating group) is 1. The number of anilines is 5. The average Bonchev–Trinajstić information content (AvgIpc) is 0.894. The highest BCUT2D eigenvalue weighted by molar-refractivity contribution is 5.94. The first-order valence-corrected chi connectivity index (χ1v) is 34.6. The summed E-state index contributed by atoms with van der Waals surface area (Å²) in [5.74, 6) is -1.44. The number of piperidine rings is 4. The van der Waals surface area contributed by atoms with E-state index >= 15 is 0 Å². The monoisotopic (exact) mass is 1350 g/mol. The van der Waals surface area contributed by atoms with Crippen molar-refractivity contribution in [2.75, 3.05) is 110 Å². The lowest BCUT2D eigenvalue weighted by Gasteiger charge is -2.34. The van der Waals surface area contributed by atoms with Crippen LogP contribution in [-0.2, 0) is 6.42 Å². The van der Waals surface area contributed by atoms with E-state index in [9.17, 15) is 28.8 Å². The summed E-state index contributed by atoms with van der Waals surface area (Å²) in [6.07, 6.45) is 25.4. The molecule has 1 saturated carbocycles. The minimum Gasteiger partial charge on any atom is -0.477 e. The maximum absolute atomic E-state index is 11.1. The van der Waals surface area contributed by atoms with Gasteiger partial charge in [0.2, 0.25) is 0 Å². The fourth-order valence-electron chi connectivity index (χ4n) is 13.4. The summed E-state index contributed by atoms with van der Waals surface area (Å²) in [6, 6.07) is 21.9. The maximum Gasteiger partial charge on any atom is 0.356 e. The largest absolute Gasteiger partial charge is 0.477 e.